The fourth-order valence-electron chi connectivity index (χ4n) is 2.63. The highest BCUT2D eigenvalue weighted by atomic mass is 32.1. The number of halogens is 1. The second-order valence-electron chi connectivity index (χ2n) is 5.72. The van der Waals surface area contributed by atoms with E-state index in [1.54, 1.807) is 12.1 Å². The van der Waals surface area contributed by atoms with E-state index in [1.165, 1.54) is 23.5 Å². The van der Waals surface area contributed by atoms with Gasteiger partial charge < -0.3 is 10.1 Å². The first-order valence-electron chi connectivity index (χ1n) is 7.68. The van der Waals surface area contributed by atoms with Crippen molar-refractivity contribution in [2.75, 3.05) is 19.8 Å². The molecule has 0 aliphatic carbocycles. The lowest BCUT2D eigenvalue weighted by molar-refractivity contribution is -0.120. The number of thiazole rings is 1. The molecule has 3 rings (SSSR count). The molecule has 1 aromatic carbocycles. The molecular formula is C17H19FN2O2S. The number of nitrogens with one attached hydrogen (secondary N) is 1. The Bertz CT molecular complexity index is 678. The highest BCUT2D eigenvalue weighted by Gasteiger charge is 2.18. The quantitative estimate of drug-likeness (QED) is 0.915. The van der Waals surface area contributed by atoms with Gasteiger partial charge in [-0.25, -0.2) is 9.37 Å². The van der Waals surface area contributed by atoms with Gasteiger partial charge in [-0.05, 0) is 37.6 Å². The lowest BCUT2D eigenvalue weighted by Crippen LogP contribution is -2.30. The number of carbonyl (C=O) groups excluding carboxylic acids is 1. The van der Waals surface area contributed by atoms with Gasteiger partial charge in [-0.1, -0.05) is 0 Å². The summed E-state index contributed by atoms with van der Waals surface area (Å²) in [7, 11) is 0. The highest BCUT2D eigenvalue weighted by molar-refractivity contribution is 7.12. The first kappa shape index (κ1) is 16.1. The van der Waals surface area contributed by atoms with Gasteiger partial charge in [0, 0.05) is 29.5 Å². The summed E-state index contributed by atoms with van der Waals surface area (Å²) in [4.78, 5) is 17.6. The second-order valence-corrected chi connectivity index (χ2v) is 7.01. The summed E-state index contributed by atoms with van der Waals surface area (Å²) in [5.74, 6) is 0.126. The van der Waals surface area contributed by atoms with E-state index in [-0.39, 0.29) is 11.7 Å². The number of amides is 1. The third kappa shape index (κ3) is 4.14. The molecule has 0 saturated carbocycles. The van der Waals surface area contributed by atoms with Gasteiger partial charge in [0.2, 0.25) is 5.91 Å². The largest absolute Gasteiger partial charge is 0.381 e. The van der Waals surface area contributed by atoms with Crippen LogP contribution in [0.25, 0.3) is 11.3 Å². The van der Waals surface area contributed by atoms with Crippen LogP contribution in [0.1, 0.15) is 16.3 Å². The summed E-state index contributed by atoms with van der Waals surface area (Å²) in [5.41, 5.74) is 1.61. The third-order valence-corrected chi connectivity index (χ3v) is 4.83. The van der Waals surface area contributed by atoms with E-state index in [0.29, 0.717) is 18.9 Å². The van der Waals surface area contributed by atoms with Gasteiger partial charge in [-0.3, -0.25) is 4.79 Å². The van der Waals surface area contributed by atoms with Crippen molar-refractivity contribution in [2.45, 2.75) is 19.8 Å². The van der Waals surface area contributed by atoms with E-state index in [9.17, 15) is 9.18 Å². The Morgan fingerprint density at radius 2 is 2.22 bits per heavy atom. The zero-order valence-corrected chi connectivity index (χ0v) is 13.8. The number of ether oxygens (including phenoxy) is 1. The van der Waals surface area contributed by atoms with Gasteiger partial charge in [-0.15, -0.1) is 11.3 Å². The van der Waals surface area contributed by atoms with Gasteiger partial charge in [0.1, 0.15) is 5.82 Å². The average molecular weight is 334 g/mol. The lowest BCUT2D eigenvalue weighted by atomic mass is 10.1. The molecule has 1 aliphatic rings. The molecule has 23 heavy (non-hydrogen) atoms. The van der Waals surface area contributed by atoms with Crippen LogP contribution in [0.3, 0.4) is 0 Å². The molecule has 122 valence electrons. The van der Waals surface area contributed by atoms with Crippen LogP contribution in [0.2, 0.25) is 0 Å². The summed E-state index contributed by atoms with van der Waals surface area (Å²) in [6.07, 6.45) is 1.30. The predicted molar refractivity (Wildman–Crippen MR) is 87.9 cm³/mol. The zero-order chi connectivity index (χ0) is 16.2. The lowest BCUT2D eigenvalue weighted by Gasteiger charge is -2.09. The molecule has 1 saturated heterocycles. The van der Waals surface area contributed by atoms with Gasteiger partial charge in [0.05, 0.1) is 23.7 Å². The van der Waals surface area contributed by atoms with Crippen LogP contribution >= 0.6 is 11.3 Å². The minimum Gasteiger partial charge on any atom is -0.381 e. The molecule has 1 fully saturated rings. The van der Waals surface area contributed by atoms with Crippen LogP contribution in [0.5, 0.6) is 0 Å². The van der Waals surface area contributed by atoms with Crippen LogP contribution in [0.4, 0.5) is 4.39 Å². The van der Waals surface area contributed by atoms with Gasteiger partial charge in [0.25, 0.3) is 0 Å². The number of rotatable bonds is 5. The smallest absolute Gasteiger partial charge is 0.225 e. The molecule has 2 heterocycles. The summed E-state index contributed by atoms with van der Waals surface area (Å²) in [6.45, 7) is 4.07. The standard InChI is InChI=1S/C17H19FN2O2S/c1-11-20-17(13-2-4-14(18)5-3-13)15(23-11)8-16(21)19-9-12-6-7-22-10-12/h2-5,12H,6-10H2,1H3,(H,19,21)/t12-/m1/s1. The summed E-state index contributed by atoms with van der Waals surface area (Å²) in [6, 6.07) is 6.21. The first-order valence-corrected chi connectivity index (χ1v) is 8.50. The molecule has 1 atom stereocenters. The normalized spacial score (nSPS) is 17.4. The Hall–Kier alpha value is -1.79. The van der Waals surface area contributed by atoms with Crippen molar-refractivity contribution in [1.29, 1.82) is 0 Å². The number of hydrogen-bond acceptors (Lipinski definition) is 4. The van der Waals surface area contributed by atoms with Gasteiger partial charge >= 0.3 is 0 Å². The van der Waals surface area contributed by atoms with Gasteiger partial charge in [0.15, 0.2) is 0 Å². The number of benzene rings is 1. The van der Waals surface area contributed by atoms with Crippen LogP contribution in [0, 0.1) is 18.7 Å². The molecule has 1 aromatic heterocycles. The Kier molecular flexibility index (Phi) is 5.03. The number of carbonyl (C=O) groups is 1. The van der Waals surface area contributed by atoms with E-state index >= 15 is 0 Å². The molecule has 1 N–H and O–H groups in total. The maximum Gasteiger partial charge on any atom is 0.225 e. The SMILES string of the molecule is Cc1nc(-c2ccc(F)cc2)c(CC(=O)NC[C@H]2CCOC2)s1. The summed E-state index contributed by atoms with van der Waals surface area (Å²) in [5, 5.41) is 3.87. The summed E-state index contributed by atoms with van der Waals surface area (Å²) < 4.78 is 18.4. The molecule has 1 aliphatic heterocycles. The van der Waals surface area contributed by atoms with Crippen molar-refractivity contribution in [3.8, 4) is 11.3 Å². The van der Waals surface area contributed by atoms with E-state index in [4.69, 9.17) is 4.74 Å². The fourth-order valence-corrected chi connectivity index (χ4v) is 3.59. The maximum absolute atomic E-state index is 13.1. The first-order chi connectivity index (χ1) is 11.1. The Balaban J connectivity index is 1.67. The van der Waals surface area contributed by atoms with Crippen molar-refractivity contribution in [3.63, 3.8) is 0 Å². The minimum absolute atomic E-state index is 0.0103. The van der Waals surface area contributed by atoms with E-state index < -0.39 is 0 Å². The third-order valence-electron chi connectivity index (χ3n) is 3.85. The van der Waals surface area contributed by atoms with Crippen molar-refractivity contribution < 1.29 is 13.9 Å². The average Bonchev–Trinajstić information content (AvgIpc) is 3.16. The van der Waals surface area contributed by atoms with Crippen LogP contribution in [-0.4, -0.2) is 30.6 Å². The van der Waals surface area contributed by atoms with Crippen molar-refractivity contribution in [2.24, 2.45) is 5.92 Å². The molecule has 6 heteroatoms. The van der Waals surface area contributed by atoms with Crippen molar-refractivity contribution in [3.05, 3.63) is 40.0 Å². The zero-order valence-electron chi connectivity index (χ0n) is 13.0. The molecule has 0 bridgehead atoms. The molecule has 2 aromatic rings. The molecule has 1 amide bonds. The number of nitrogens with zero attached hydrogens (tertiary/aromatic N) is 1. The number of aromatic nitrogens is 1. The van der Waals surface area contributed by atoms with Gasteiger partial charge in [-0.2, -0.15) is 0 Å². The minimum atomic E-state index is -0.279. The molecule has 0 radical (unpaired) electrons. The second kappa shape index (κ2) is 7.19. The monoisotopic (exact) mass is 334 g/mol. The van der Waals surface area contributed by atoms with Crippen molar-refractivity contribution in [1.82, 2.24) is 10.3 Å². The molecular weight excluding hydrogens is 315 g/mol. The number of aryl methyl sites for hydroxylation is 1. The van der Waals surface area contributed by atoms with E-state index in [0.717, 1.165) is 40.8 Å². The fraction of sp³-hybridized carbons (Fsp3) is 0.412. The van der Waals surface area contributed by atoms with Crippen molar-refractivity contribution >= 4 is 17.2 Å². The Labute approximate surface area is 138 Å². The van der Waals surface area contributed by atoms with Crippen LogP contribution < -0.4 is 5.32 Å². The topological polar surface area (TPSA) is 51.2 Å². The predicted octanol–water partition coefficient (Wildman–Crippen LogP) is 2.95. The maximum atomic E-state index is 13.1. The Morgan fingerprint density at radius 1 is 1.43 bits per heavy atom. The van der Waals surface area contributed by atoms with E-state index in [2.05, 4.69) is 10.3 Å². The van der Waals surface area contributed by atoms with E-state index in [1.807, 2.05) is 6.92 Å². The van der Waals surface area contributed by atoms with Crippen LogP contribution in [0.15, 0.2) is 24.3 Å². The molecule has 4 nitrogen and oxygen atoms in total. The number of hydrogen-bond donors (Lipinski definition) is 1. The Morgan fingerprint density at radius 3 is 2.91 bits per heavy atom. The summed E-state index contributed by atoms with van der Waals surface area (Å²) >= 11 is 1.51. The molecule has 0 unspecified atom stereocenters. The molecule has 0 spiro atoms. The van der Waals surface area contributed by atoms with Crippen LogP contribution in [-0.2, 0) is 16.0 Å². The highest BCUT2D eigenvalue weighted by Crippen LogP contribution is 2.28.